The van der Waals surface area contributed by atoms with Crippen LogP contribution in [0.25, 0.3) is 0 Å². The lowest BCUT2D eigenvalue weighted by Gasteiger charge is -2.15. The molecule has 0 aromatic heterocycles. The van der Waals surface area contributed by atoms with E-state index in [-0.39, 0.29) is 11.5 Å². The van der Waals surface area contributed by atoms with Crippen LogP contribution in [0, 0.1) is 0 Å². The predicted molar refractivity (Wildman–Crippen MR) is 72.3 cm³/mol. The number of carbonyl (C=O) groups is 1. The van der Waals surface area contributed by atoms with Gasteiger partial charge < -0.3 is 14.6 Å². The van der Waals surface area contributed by atoms with Crippen molar-refractivity contribution in [3.05, 3.63) is 17.7 Å². The first-order valence-corrected chi connectivity index (χ1v) is 7.37. The lowest BCUT2D eigenvalue weighted by molar-refractivity contribution is 0.0281. The third kappa shape index (κ3) is 4.28. The number of carboxylic acids is 1. The van der Waals surface area contributed by atoms with E-state index in [2.05, 4.69) is 0 Å². The highest BCUT2D eigenvalue weighted by Gasteiger charge is 2.27. The number of methoxy groups -OCH3 is 2. The summed E-state index contributed by atoms with van der Waals surface area (Å²) in [5, 5.41) is 9.10. The van der Waals surface area contributed by atoms with Gasteiger partial charge >= 0.3 is 5.97 Å². The van der Waals surface area contributed by atoms with E-state index in [4.69, 9.17) is 14.6 Å². The van der Waals surface area contributed by atoms with Gasteiger partial charge in [-0.05, 0) is 6.07 Å². The van der Waals surface area contributed by atoms with E-state index in [0.717, 1.165) is 12.1 Å². The first kappa shape index (κ1) is 18.1. The van der Waals surface area contributed by atoms with Gasteiger partial charge in [-0.15, -0.1) is 0 Å². The molecule has 7 nitrogen and oxygen atoms in total. The highest BCUT2D eigenvalue weighted by atomic mass is 32.2. The Hall–Kier alpha value is -1.94. The lowest BCUT2D eigenvalue weighted by Crippen LogP contribution is -2.34. The summed E-state index contributed by atoms with van der Waals surface area (Å²) in [5.41, 5.74) is -0.467. The number of rotatable bonds is 7. The molecule has 22 heavy (non-hydrogen) atoms. The molecule has 0 amide bonds. The number of ether oxygens (including phenoxy) is 2. The van der Waals surface area contributed by atoms with E-state index in [9.17, 15) is 22.0 Å². The van der Waals surface area contributed by atoms with Crippen molar-refractivity contribution in [2.24, 2.45) is 0 Å². The number of nitrogens with one attached hydrogen (secondary N) is 1. The molecule has 0 fully saturated rings. The second-order valence-electron chi connectivity index (χ2n) is 4.41. The van der Waals surface area contributed by atoms with Crippen LogP contribution in [-0.2, 0) is 10.0 Å². The van der Waals surface area contributed by atoms with Crippen LogP contribution in [0.1, 0.15) is 17.3 Å². The van der Waals surface area contributed by atoms with Crippen molar-refractivity contribution in [2.75, 3.05) is 20.8 Å². The molecule has 0 spiro atoms. The fourth-order valence-electron chi connectivity index (χ4n) is 1.56. The average Bonchev–Trinajstić information content (AvgIpc) is 2.42. The van der Waals surface area contributed by atoms with Crippen molar-refractivity contribution < 1.29 is 36.6 Å². The Bertz CT molecular complexity index is 669. The molecule has 1 aromatic rings. The number of alkyl halides is 2. The van der Waals surface area contributed by atoms with E-state index in [0.29, 0.717) is 6.92 Å². The molecule has 0 atom stereocenters. The van der Waals surface area contributed by atoms with Crippen LogP contribution in [0.4, 0.5) is 8.78 Å². The van der Waals surface area contributed by atoms with Crippen LogP contribution in [0.15, 0.2) is 17.0 Å². The quantitative estimate of drug-likeness (QED) is 0.777. The Kier molecular flexibility index (Phi) is 5.30. The fourth-order valence-corrected chi connectivity index (χ4v) is 2.70. The summed E-state index contributed by atoms with van der Waals surface area (Å²) < 4.78 is 61.0. The zero-order valence-electron chi connectivity index (χ0n) is 12.0. The molecule has 0 saturated carbocycles. The Morgan fingerprint density at radius 2 is 1.91 bits per heavy atom. The minimum atomic E-state index is -4.34. The summed E-state index contributed by atoms with van der Waals surface area (Å²) in [6.45, 7) is -0.571. The zero-order chi connectivity index (χ0) is 17.1. The first-order chi connectivity index (χ1) is 10.0. The van der Waals surface area contributed by atoms with Gasteiger partial charge in [-0.1, -0.05) is 0 Å². The molecule has 2 N–H and O–H groups in total. The van der Waals surface area contributed by atoms with Crippen molar-refractivity contribution >= 4 is 16.0 Å². The van der Waals surface area contributed by atoms with Crippen LogP contribution in [0.3, 0.4) is 0 Å². The SMILES string of the molecule is COc1cc(S(=O)(=O)NCC(C)(F)F)cc(C(=O)O)c1OC. The monoisotopic (exact) mass is 339 g/mol. The molecule has 10 heteroatoms. The smallest absolute Gasteiger partial charge is 0.339 e. The standard InChI is InChI=1S/C12H15F2NO6S/c1-12(13,14)6-15-22(18,19)7-4-8(11(16)17)10(21-3)9(5-7)20-2/h4-5,15H,6H2,1-3H3,(H,16,17). The van der Waals surface area contributed by atoms with Crippen molar-refractivity contribution in [3.63, 3.8) is 0 Å². The third-order valence-corrected chi connectivity index (χ3v) is 3.95. The highest BCUT2D eigenvalue weighted by molar-refractivity contribution is 7.89. The molecule has 1 aromatic carbocycles. The topological polar surface area (TPSA) is 102 Å². The minimum Gasteiger partial charge on any atom is -0.493 e. The average molecular weight is 339 g/mol. The summed E-state index contributed by atoms with van der Waals surface area (Å²) in [6.07, 6.45) is 0. The summed E-state index contributed by atoms with van der Waals surface area (Å²) >= 11 is 0. The fraction of sp³-hybridized carbons (Fsp3) is 0.417. The zero-order valence-corrected chi connectivity index (χ0v) is 12.8. The second kappa shape index (κ2) is 6.44. The Balaban J connectivity index is 3.36. The molecule has 0 aliphatic rings. The number of hydrogen-bond donors (Lipinski definition) is 2. The van der Waals surface area contributed by atoms with Gasteiger partial charge in [0, 0.05) is 13.0 Å². The van der Waals surface area contributed by atoms with Crippen LogP contribution in [-0.4, -0.2) is 46.2 Å². The van der Waals surface area contributed by atoms with Gasteiger partial charge in [-0.3, -0.25) is 0 Å². The molecule has 0 radical (unpaired) electrons. The maximum atomic E-state index is 12.8. The van der Waals surface area contributed by atoms with E-state index < -0.39 is 38.9 Å². The summed E-state index contributed by atoms with van der Waals surface area (Å²) in [7, 11) is -1.96. The van der Waals surface area contributed by atoms with Crippen LogP contribution < -0.4 is 14.2 Å². The van der Waals surface area contributed by atoms with Crippen molar-refractivity contribution in [1.29, 1.82) is 0 Å². The Morgan fingerprint density at radius 3 is 2.32 bits per heavy atom. The van der Waals surface area contributed by atoms with Gasteiger partial charge in [0.05, 0.1) is 25.7 Å². The minimum absolute atomic E-state index is 0.147. The van der Waals surface area contributed by atoms with E-state index in [1.807, 2.05) is 0 Å². The Morgan fingerprint density at radius 1 is 1.32 bits per heavy atom. The van der Waals surface area contributed by atoms with Gasteiger partial charge in [-0.25, -0.2) is 26.7 Å². The van der Waals surface area contributed by atoms with E-state index >= 15 is 0 Å². The number of hydrogen-bond acceptors (Lipinski definition) is 5. The van der Waals surface area contributed by atoms with Crippen molar-refractivity contribution in [3.8, 4) is 11.5 Å². The molecular formula is C12H15F2NO6S. The molecule has 124 valence electrons. The molecule has 0 saturated heterocycles. The van der Waals surface area contributed by atoms with E-state index in [1.54, 1.807) is 4.72 Å². The Labute approximate surface area is 125 Å². The van der Waals surface area contributed by atoms with Gasteiger partial charge in [-0.2, -0.15) is 0 Å². The number of halogens is 2. The summed E-state index contributed by atoms with van der Waals surface area (Å²) in [4.78, 5) is 10.7. The highest BCUT2D eigenvalue weighted by Crippen LogP contribution is 2.34. The molecule has 0 heterocycles. The normalized spacial score (nSPS) is 12.0. The molecule has 0 bridgehead atoms. The van der Waals surface area contributed by atoms with Crippen LogP contribution in [0.5, 0.6) is 11.5 Å². The largest absolute Gasteiger partial charge is 0.493 e. The molecule has 0 unspecified atom stereocenters. The van der Waals surface area contributed by atoms with Crippen molar-refractivity contribution in [1.82, 2.24) is 4.72 Å². The number of carboxylic acid groups (broad SMARTS) is 1. The molecule has 0 aliphatic heterocycles. The maximum absolute atomic E-state index is 12.8. The summed E-state index contributed by atoms with van der Waals surface area (Å²) in [5.74, 6) is -5.02. The van der Waals surface area contributed by atoms with Gasteiger partial charge in [0.25, 0.3) is 5.92 Å². The molecule has 0 aliphatic carbocycles. The predicted octanol–water partition coefficient (Wildman–Crippen LogP) is 1.34. The van der Waals surface area contributed by atoms with Crippen molar-refractivity contribution in [2.45, 2.75) is 17.7 Å². The molecular weight excluding hydrogens is 324 g/mol. The number of aromatic carboxylic acids is 1. The number of benzene rings is 1. The van der Waals surface area contributed by atoms with Crippen LogP contribution in [0.2, 0.25) is 0 Å². The van der Waals surface area contributed by atoms with Gasteiger partial charge in [0.2, 0.25) is 10.0 Å². The molecule has 1 rings (SSSR count). The lowest BCUT2D eigenvalue weighted by atomic mass is 10.2. The maximum Gasteiger partial charge on any atom is 0.339 e. The number of sulfonamides is 1. The van der Waals surface area contributed by atoms with Crippen LogP contribution >= 0.6 is 0 Å². The van der Waals surface area contributed by atoms with Gasteiger partial charge in [0.1, 0.15) is 5.56 Å². The second-order valence-corrected chi connectivity index (χ2v) is 6.17. The summed E-state index contributed by atoms with van der Waals surface area (Å²) in [6, 6.07) is 1.79. The van der Waals surface area contributed by atoms with Gasteiger partial charge in [0.15, 0.2) is 11.5 Å². The third-order valence-electron chi connectivity index (χ3n) is 2.57. The van der Waals surface area contributed by atoms with E-state index in [1.165, 1.54) is 14.2 Å². The first-order valence-electron chi connectivity index (χ1n) is 5.88.